The second-order valence-electron chi connectivity index (χ2n) is 11.3. The summed E-state index contributed by atoms with van der Waals surface area (Å²) in [6.45, 7) is 5.01. The number of anilines is 1. The number of rotatable bonds is 6. The van der Waals surface area contributed by atoms with E-state index in [0.29, 0.717) is 53.2 Å². The van der Waals surface area contributed by atoms with E-state index in [0.717, 1.165) is 43.8 Å². The molecule has 13 heteroatoms. The maximum Gasteiger partial charge on any atom is 0.504 e. The molecule has 4 aromatic heterocycles. The lowest BCUT2D eigenvalue weighted by Crippen LogP contribution is -2.45. The van der Waals surface area contributed by atoms with Crippen LogP contribution < -0.4 is 11.1 Å². The molecule has 1 amide bonds. The van der Waals surface area contributed by atoms with Crippen molar-refractivity contribution >= 4 is 22.9 Å². The number of carbonyl (C=O) groups excluding carboxylic acids is 1. The zero-order valence-electron chi connectivity index (χ0n) is 24.2. The smallest absolute Gasteiger partial charge is 0.383 e. The highest BCUT2D eigenvalue weighted by molar-refractivity contribution is 5.87. The highest BCUT2D eigenvalue weighted by Crippen LogP contribution is 2.37. The normalized spacial score (nSPS) is 17.1. The van der Waals surface area contributed by atoms with Gasteiger partial charge < -0.3 is 16.0 Å². The molecule has 1 fully saturated rings. The number of nitrogen functional groups attached to an aromatic ring is 1. The molecule has 0 unspecified atom stereocenters. The Morgan fingerprint density at radius 2 is 1.91 bits per heavy atom. The topological polar surface area (TPSA) is 120 Å². The zero-order chi connectivity index (χ0) is 31.3. The quantitative estimate of drug-likeness (QED) is 0.254. The molecule has 0 saturated carbocycles. The molecule has 45 heavy (non-hydrogen) atoms. The zero-order valence-corrected chi connectivity index (χ0v) is 24.2. The molecule has 1 aromatic carbocycles. The number of piperidine rings is 1. The maximum atomic E-state index is 13.2. The van der Waals surface area contributed by atoms with Crippen molar-refractivity contribution in [3.05, 3.63) is 84.8 Å². The van der Waals surface area contributed by atoms with E-state index < -0.39 is 6.30 Å². The molecule has 1 atom stereocenters. The van der Waals surface area contributed by atoms with Crippen LogP contribution in [0.15, 0.2) is 73.7 Å². The molecule has 7 rings (SSSR count). The number of amides is 1. The third kappa shape index (κ3) is 5.33. The van der Waals surface area contributed by atoms with Crippen molar-refractivity contribution in [3.63, 3.8) is 0 Å². The molecule has 3 N–H and O–H groups in total. The van der Waals surface area contributed by atoms with Crippen molar-refractivity contribution in [1.82, 2.24) is 39.5 Å². The highest BCUT2D eigenvalue weighted by Gasteiger charge is 2.32. The first kappa shape index (κ1) is 28.7. The van der Waals surface area contributed by atoms with Crippen LogP contribution in [0.5, 0.6) is 0 Å². The molecule has 2 aliphatic rings. The number of aromatic nitrogens is 6. The van der Waals surface area contributed by atoms with Gasteiger partial charge in [0.15, 0.2) is 11.5 Å². The number of pyridine rings is 2. The predicted molar refractivity (Wildman–Crippen MR) is 163 cm³/mol. The minimum Gasteiger partial charge on any atom is -0.383 e. The van der Waals surface area contributed by atoms with E-state index in [1.165, 1.54) is 17.2 Å². The van der Waals surface area contributed by atoms with Gasteiger partial charge in [0.1, 0.15) is 11.3 Å². The monoisotopic (exact) mass is 613 g/mol. The number of benzene rings is 1. The van der Waals surface area contributed by atoms with Crippen LogP contribution >= 0.6 is 0 Å². The Bertz CT molecular complexity index is 1920. The standard InChI is InChI=1S/C32H30F3N9O/c1-2-28(45)42-14-11-21(12-15-42)39-26-8-5-19-16-22(6-7-23(19)26)44-30(24-4-3-13-37-29(24)36)41-27-10-9-25(40-31(27)44)20-17-38-43(18-20)32(33,34)35/h2-4,6-7,9-10,13,16-18,21,26,39H,1,5,8,11-12,14-15H2,(H2,36,37)/t26-/m0/s1. The van der Waals surface area contributed by atoms with E-state index in [1.54, 1.807) is 24.4 Å². The summed E-state index contributed by atoms with van der Waals surface area (Å²) in [6, 6.07) is 13.7. The van der Waals surface area contributed by atoms with E-state index in [1.807, 2.05) is 21.6 Å². The maximum absolute atomic E-state index is 13.2. The first-order valence-electron chi connectivity index (χ1n) is 14.7. The van der Waals surface area contributed by atoms with Crippen molar-refractivity contribution in [1.29, 1.82) is 0 Å². The number of aryl methyl sites for hydroxylation is 1. The number of fused-ring (bicyclic) bond motifs is 2. The van der Waals surface area contributed by atoms with E-state index in [9.17, 15) is 18.0 Å². The van der Waals surface area contributed by atoms with Crippen LogP contribution in [0, 0.1) is 0 Å². The molecule has 1 aliphatic carbocycles. The van der Waals surface area contributed by atoms with Crippen LogP contribution in [0.2, 0.25) is 0 Å². The minimum absolute atomic E-state index is 0.0235. The first-order chi connectivity index (χ1) is 21.7. The fourth-order valence-electron chi connectivity index (χ4n) is 6.34. The highest BCUT2D eigenvalue weighted by atomic mass is 19.4. The van der Waals surface area contributed by atoms with Crippen molar-refractivity contribution < 1.29 is 18.0 Å². The van der Waals surface area contributed by atoms with Gasteiger partial charge in [-0.1, -0.05) is 12.6 Å². The van der Waals surface area contributed by atoms with Gasteiger partial charge in [-0.25, -0.2) is 15.0 Å². The van der Waals surface area contributed by atoms with Crippen LogP contribution in [-0.4, -0.2) is 59.2 Å². The summed E-state index contributed by atoms with van der Waals surface area (Å²) in [4.78, 5) is 27.7. The van der Waals surface area contributed by atoms with Gasteiger partial charge in [-0.05, 0) is 79.3 Å². The molecule has 10 nitrogen and oxygen atoms in total. The third-order valence-corrected chi connectivity index (χ3v) is 8.60. The number of halogens is 3. The van der Waals surface area contributed by atoms with Gasteiger partial charge in [0.2, 0.25) is 5.91 Å². The fourth-order valence-corrected chi connectivity index (χ4v) is 6.34. The number of alkyl halides is 3. The molecular weight excluding hydrogens is 583 g/mol. The molecule has 0 spiro atoms. The molecule has 230 valence electrons. The molecule has 0 bridgehead atoms. The van der Waals surface area contributed by atoms with Gasteiger partial charge in [0.05, 0.1) is 17.5 Å². The summed E-state index contributed by atoms with van der Waals surface area (Å²) >= 11 is 0. The van der Waals surface area contributed by atoms with Crippen LogP contribution in [0.1, 0.15) is 36.4 Å². The van der Waals surface area contributed by atoms with E-state index >= 15 is 0 Å². The van der Waals surface area contributed by atoms with Gasteiger partial charge in [0.25, 0.3) is 0 Å². The van der Waals surface area contributed by atoms with Crippen molar-refractivity contribution in [3.8, 4) is 28.3 Å². The van der Waals surface area contributed by atoms with Crippen molar-refractivity contribution in [2.75, 3.05) is 18.8 Å². The third-order valence-electron chi connectivity index (χ3n) is 8.60. The number of nitrogens with two attached hydrogens (primary N) is 1. The molecule has 5 heterocycles. The Labute approximate surface area is 256 Å². The Morgan fingerprint density at radius 1 is 1.09 bits per heavy atom. The number of hydrogen-bond donors (Lipinski definition) is 2. The molecule has 1 saturated heterocycles. The predicted octanol–water partition coefficient (Wildman–Crippen LogP) is 5.16. The van der Waals surface area contributed by atoms with E-state index in [-0.39, 0.29) is 22.2 Å². The second-order valence-corrected chi connectivity index (χ2v) is 11.3. The average molecular weight is 614 g/mol. The van der Waals surface area contributed by atoms with Crippen LogP contribution in [0.25, 0.3) is 39.5 Å². The summed E-state index contributed by atoms with van der Waals surface area (Å²) in [5.74, 6) is 0.802. The lowest BCUT2D eigenvalue weighted by atomic mass is 10.0. The summed E-state index contributed by atoms with van der Waals surface area (Å²) in [7, 11) is 0. The minimum atomic E-state index is -4.63. The fraction of sp³-hybridized carbons (Fsp3) is 0.281. The molecular formula is C32H30F3N9O. The largest absolute Gasteiger partial charge is 0.504 e. The second kappa shape index (κ2) is 11.1. The number of carbonyl (C=O) groups is 1. The number of imidazole rings is 1. The first-order valence-corrected chi connectivity index (χ1v) is 14.7. The molecule has 1 aliphatic heterocycles. The SMILES string of the molecule is C=CC(=O)N1CCC(N[C@H]2CCc3cc(-n4c(-c5cccnc5N)nc5ccc(-c6cnn(C(F)(F)F)c6)nc54)ccc32)CC1. The van der Waals surface area contributed by atoms with Gasteiger partial charge in [0, 0.05) is 48.8 Å². The van der Waals surface area contributed by atoms with Gasteiger partial charge >= 0.3 is 6.30 Å². The number of hydrogen-bond acceptors (Lipinski definition) is 7. The van der Waals surface area contributed by atoms with Gasteiger partial charge in [-0.15, -0.1) is 13.2 Å². The summed E-state index contributed by atoms with van der Waals surface area (Å²) in [5, 5.41) is 7.28. The molecule has 5 aromatic rings. The number of nitrogens with zero attached hydrogens (tertiary/aromatic N) is 7. The van der Waals surface area contributed by atoms with Crippen LogP contribution in [-0.2, 0) is 17.5 Å². The van der Waals surface area contributed by atoms with Crippen molar-refractivity contribution in [2.24, 2.45) is 0 Å². The Balaban J connectivity index is 1.24. The Kier molecular flexibility index (Phi) is 7.11. The summed E-state index contributed by atoms with van der Waals surface area (Å²) in [6.07, 6.45) is 3.99. The van der Waals surface area contributed by atoms with E-state index in [4.69, 9.17) is 15.7 Å². The lowest BCUT2D eigenvalue weighted by Gasteiger charge is -2.33. The summed E-state index contributed by atoms with van der Waals surface area (Å²) < 4.78 is 41.6. The van der Waals surface area contributed by atoms with Crippen LogP contribution in [0.3, 0.4) is 0 Å². The van der Waals surface area contributed by atoms with Gasteiger partial charge in [-0.3, -0.25) is 9.36 Å². The average Bonchev–Trinajstić information content (AvgIpc) is 3.78. The van der Waals surface area contributed by atoms with Crippen LogP contribution in [0.4, 0.5) is 19.0 Å². The van der Waals surface area contributed by atoms with E-state index in [2.05, 4.69) is 34.1 Å². The Hall–Kier alpha value is -5.04. The number of nitrogens with one attached hydrogen (secondary N) is 1. The summed E-state index contributed by atoms with van der Waals surface area (Å²) in [5.41, 5.74) is 11.7. The molecule has 0 radical (unpaired) electrons. The van der Waals surface area contributed by atoms with Crippen molar-refractivity contribution in [2.45, 2.75) is 44.1 Å². The van der Waals surface area contributed by atoms with Gasteiger partial charge in [-0.2, -0.15) is 9.78 Å². The lowest BCUT2D eigenvalue weighted by molar-refractivity contribution is -0.212. The Morgan fingerprint density at radius 3 is 2.64 bits per heavy atom. The number of likely N-dealkylation sites (tertiary alicyclic amines) is 1.